The number of aromatic nitrogens is 1. The van der Waals surface area contributed by atoms with E-state index in [1.807, 2.05) is 0 Å². The van der Waals surface area contributed by atoms with Crippen LogP contribution in [-0.2, 0) is 4.79 Å². The predicted molar refractivity (Wildman–Crippen MR) is 139 cm³/mol. The van der Waals surface area contributed by atoms with Gasteiger partial charge in [0, 0.05) is 12.1 Å². The molecule has 8 heteroatoms. The minimum Gasteiger partial charge on any atom is -0.480 e. The Hall–Kier alpha value is -2.06. The second-order valence-corrected chi connectivity index (χ2v) is 12.9. The number of carboxylic acids is 1. The Labute approximate surface area is 210 Å². The van der Waals surface area contributed by atoms with E-state index in [1.165, 1.54) is 47.9 Å². The number of anilines is 1. The third-order valence-electron chi connectivity index (χ3n) is 7.13. The number of thiazole rings is 1. The first-order chi connectivity index (χ1) is 16.3. The summed E-state index contributed by atoms with van der Waals surface area (Å²) in [7, 11) is 0. The molecule has 4 rings (SSSR count). The maximum Gasteiger partial charge on any atom is 0.324 e. The Bertz CT molecular complexity index is 965. The van der Waals surface area contributed by atoms with Gasteiger partial charge in [-0.25, -0.2) is 9.78 Å². The van der Waals surface area contributed by atoms with E-state index >= 15 is 0 Å². The third kappa shape index (κ3) is 6.13. The predicted octanol–water partition coefficient (Wildman–Crippen LogP) is 6.99. The summed E-state index contributed by atoms with van der Waals surface area (Å²) in [6.07, 6.45) is 11.7. The smallest absolute Gasteiger partial charge is 0.324 e. The number of nitrogens with zero attached hydrogens (tertiary/aromatic N) is 2. The van der Waals surface area contributed by atoms with Crippen molar-refractivity contribution >= 4 is 40.2 Å². The number of hydrogen-bond acceptors (Lipinski definition) is 5. The van der Waals surface area contributed by atoms with Crippen molar-refractivity contribution in [2.45, 2.75) is 98.6 Å². The van der Waals surface area contributed by atoms with Crippen molar-refractivity contribution in [3.05, 3.63) is 42.1 Å². The number of urea groups is 1. The molecule has 2 saturated carbocycles. The zero-order valence-corrected chi connectivity index (χ0v) is 21.7. The van der Waals surface area contributed by atoms with Gasteiger partial charge < -0.3 is 10.0 Å². The van der Waals surface area contributed by atoms with Gasteiger partial charge in [-0.15, -0.1) is 0 Å². The van der Waals surface area contributed by atoms with Crippen LogP contribution < -0.4 is 5.32 Å². The zero-order chi connectivity index (χ0) is 24.1. The maximum absolute atomic E-state index is 13.5. The summed E-state index contributed by atoms with van der Waals surface area (Å²) in [5, 5.41) is 13.0. The average molecular weight is 502 g/mol. The number of carbonyl (C=O) groups is 2. The van der Waals surface area contributed by atoms with Gasteiger partial charge in [-0.3, -0.25) is 10.1 Å². The van der Waals surface area contributed by atoms with E-state index in [2.05, 4.69) is 45.5 Å². The van der Waals surface area contributed by atoms with Crippen LogP contribution in [0.1, 0.15) is 83.1 Å². The number of thioether (sulfide) groups is 1. The van der Waals surface area contributed by atoms with Gasteiger partial charge >= 0.3 is 12.0 Å². The lowest BCUT2D eigenvalue weighted by molar-refractivity contribution is -0.138. The molecule has 0 atom stereocenters. The van der Waals surface area contributed by atoms with Crippen molar-refractivity contribution in [2.75, 3.05) is 5.32 Å². The lowest BCUT2D eigenvalue weighted by Crippen LogP contribution is -2.50. The van der Waals surface area contributed by atoms with E-state index in [-0.39, 0.29) is 18.1 Å². The average Bonchev–Trinajstić information content (AvgIpc) is 3.26. The lowest BCUT2D eigenvalue weighted by atomic mass is 9.80. The number of rotatable bonds is 7. The Morgan fingerprint density at radius 2 is 1.68 bits per heavy atom. The molecular weight excluding hydrogens is 466 g/mol. The number of benzene rings is 1. The fraction of sp³-hybridized carbons (Fsp3) is 0.577. The first-order valence-electron chi connectivity index (χ1n) is 12.4. The van der Waals surface area contributed by atoms with E-state index in [0.717, 1.165) is 42.7 Å². The Morgan fingerprint density at radius 3 is 2.32 bits per heavy atom. The van der Waals surface area contributed by atoms with Gasteiger partial charge in [-0.2, -0.15) is 0 Å². The van der Waals surface area contributed by atoms with Gasteiger partial charge in [0.1, 0.15) is 4.75 Å². The van der Waals surface area contributed by atoms with Crippen LogP contribution in [0.25, 0.3) is 0 Å². The molecule has 2 aliphatic carbocycles. The van der Waals surface area contributed by atoms with E-state index in [9.17, 15) is 14.7 Å². The summed E-state index contributed by atoms with van der Waals surface area (Å²) in [5.41, 5.74) is 1.41. The molecule has 0 unspecified atom stereocenters. The number of hydrogen-bond donors (Lipinski definition) is 2. The third-order valence-corrected chi connectivity index (χ3v) is 9.33. The van der Waals surface area contributed by atoms with E-state index in [1.54, 1.807) is 20.0 Å². The normalized spacial score (nSPS) is 21.7. The van der Waals surface area contributed by atoms with E-state index in [0.29, 0.717) is 11.0 Å². The van der Waals surface area contributed by atoms with Gasteiger partial charge in [0.05, 0.1) is 10.4 Å². The molecule has 1 heterocycles. The Morgan fingerprint density at radius 1 is 1.03 bits per heavy atom. The molecule has 0 radical (unpaired) electrons. The molecule has 2 fully saturated rings. The molecule has 0 aliphatic heterocycles. The van der Waals surface area contributed by atoms with Crippen molar-refractivity contribution in [2.24, 2.45) is 0 Å². The highest BCUT2D eigenvalue weighted by atomic mass is 32.2. The Kier molecular flexibility index (Phi) is 8.19. The first kappa shape index (κ1) is 25.0. The van der Waals surface area contributed by atoms with Crippen molar-refractivity contribution < 1.29 is 14.7 Å². The lowest BCUT2D eigenvalue weighted by Gasteiger charge is -2.42. The van der Waals surface area contributed by atoms with Crippen LogP contribution >= 0.6 is 23.1 Å². The van der Waals surface area contributed by atoms with Crippen LogP contribution in [-0.4, -0.2) is 43.8 Å². The summed E-state index contributed by atoms with van der Waals surface area (Å²) in [6, 6.07) is 11.2. The molecular formula is C26H35N3O3S2. The second-order valence-electron chi connectivity index (χ2n) is 9.95. The molecule has 1 aromatic carbocycles. The Balaban J connectivity index is 1.43. The van der Waals surface area contributed by atoms with Gasteiger partial charge in [-0.1, -0.05) is 72.7 Å². The zero-order valence-electron chi connectivity index (χ0n) is 20.0. The molecule has 2 amide bonds. The number of carboxylic acid groups (broad SMARTS) is 1. The molecule has 2 N–H and O–H groups in total. The van der Waals surface area contributed by atoms with Crippen LogP contribution in [0.4, 0.5) is 9.93 Å². The molecule has 0 bridgehead atoms. The largest absolute Gasteiger partial charge is 0.480 e. The highest BCUT2D eigenvalue weighted by molar-refractivity contribution is 8.03. The standard InChI is InChI=1S/C26H35N3O3S2/c1-26(2,23(30)31)34-22-17-27-24(33-22)28-25(32)29(20-11-7-4-8-12-20)21-15-13-19(14-16-21)18-9-5-3-6-10-18/h3,5-6,9-10,17,19-21H,4,7-8,11-16H2,1-2H3,(H,30,31)(H,27,28,32)/t19-,21-. The van der Waals surface area contributed by atoms with E-state index in [4.69, 9.17) is 0 Å². The quantitative estimate of drug-likeness (QED) is 0.400. The summed E-state index contributed by atoms with van der Waals surface area (Å²) < 4.78 is -0.158. The van der Waals surface area contributed by atoms with Crippen LogP contribution in [0.2, 0.25) is 0 Å². The minimum absolute atomic E-state index is 0.0570. The van der Waals surface area contributed by atoms with Crippen LogP contribution in [0, 0.1) is 0 Å². The molecule has 0 saturated heterocycles. The van der Waals surface area contributed by atoms with Crippen molar-refractivity contribution in [3.8, 4) is 0 Å². The fourth-order valence-electron chi connectivity index (χ4n) is 5.22. The van der Waals surface area contributed by atoms with Gasteiger partial charge in [0.15, 0.2) is 5.13 Å². The molecule has 1 aromatic heterocycles. The molecule has 2 aliphatic rings. The number of carbonyl (C=O) groups excluding carboxylic acids is 1. The van der Waals surface area contributed by atoms with Gasteiger partial charge in [0.2, 0.25) is 0 Å². The topological polar surface area (TPSA) is 82.5 Å². The first-order valence-corrected chi connectivity index (χ1v) is 14.0. The van der Waals surface area contributed by atoms with Crippen LogP contribution in [0.15, 0.2) is 40.7 Å². The molecule has 34 heavy (non-hydrogen) atoms. The van der Waals surface area contributed by atoms with E-state index < -0.39 is 10.7 Å². The number of aliphatic carboxylic acids is 1. The second kappa shape index (κ2) is 11.1. The number of nitrogens with one attached hydrogen (secondary N) is 1. The SMILES string of the molecule is CC(C)(Sc1cnc(NC(=O)N(C2CCCCC2)[C@H]2CC[C@H](c3ccccc3)CC2)s1)C(=O)O. The molecule has 184 valence electrons. The maximum atomic E-state index is 13.5. The van der Waals surface area contributed by atoms with Crippen molar-refractivity contribution in [1.82, 2.24) is 9.88 Å². The monoisotopic (exact) mass is 501 g/mol. The van der Waals surface area contributed by atoms with Gasteiger partial charge in [0.25, 0.3) is 0 Å². The van der Waals surface area contributed by atoms with Crippen molar-refractivity contribution in [3.63, 3.8) is 0 Å². The summed E-state index contributed by atoms with van der Waals surface area (Å²) in [6.45, 7) is 3.35. The molecule has 6 nitrogen and oxygen atoms in total. The fourth-order valence-corrected chi connectivity index (χ4v) is 7.48. The summed E-state index contributed by atoms with van der Waals surface area (Å²) in [5.74, 6) is -0.295. The minimum atomic E-state index is -0.945. The van der Waals surface area contributed by atoms with Crippen LogP contribution in [0.3, 0.4) is 0 Å². The number of amides is 2. The summed E-state index contributed by atoms with van der Waals surface area (Å²) in [4.78, 5) is 31.5. The van der Waals surface area contributed by atoms with Crippen LogP contribution in [0.5, 0.6) is 0 Å². The summed E-state index contributed by atoms with van der Waals surface area (Å²) >= 11 is 2.60. The molecule has 2 aromatic rings. The molecule has 0 spiro atoms. The van der Waals surface area contributed by atoms with Crippen molar-refractivity contribution in [1.29, 1.82) is 0 Å². The highest BCUT2D eigenvalue weighted by Crippen LogP contribution is 2.39. The highest BCUT2D eigenvalue weighted by Gasteiger charge is 2.35. The van der Waals surface area contributed by atoms with Gasteiger partial charge in [-0.05, 0) is 63.9 Å².